The average Bonchev–Trinajstić information content (AvgIpc) is 3.43. The van der Waals surface area contributed by atoms with Crippen LogP contribution < -0.4 is 5.32 Å². The number of nitrogens with zero attached hydrogens (tertiary/aromatic N) is 5. The Bertz CT molecular complexity index is 862. The summed E-state index contributed by atoms with van der Waals surface area (Å²) >= 11 is 1.65. The van der Waals surface area contributed by atoms with Crippen LogP contribution in [0.2, 0.25) is 0 Å². The molecule has 0 radical (unpaired) electrons. The van der Waals surface area contributed by atoms with Crippen molar-refractivity contribution in [3.8, 4) is 10.8 Å². The van der Waals surface area contributed by atoms with Gasteiger partial charge in [0.1, 0.15) is 11.6 Å². The number of fused-ring (bicyclic) bond motifs is 1. The molecule has 3 aromatic heterocycles. The molecule has 0 unspecified atom stereocenters. The molecule has 3 aromatic rings. The number of thiazole rings is 1. The van der Waals surface area contributed by atoms with Gasteiger partial charge in [-0.25, -0.2) is 4.98 Å². The standard InChI is InChI=1S/C18H22N6OS/c1-2-15(25-9-1)18-20-14(12-26-18)11-23-6-3-13(4-7-23)17-22-21-16-10-19-5-8-24(16)17/h1-2,9,12-13,19H,3-8,10-11H2. The van der Waals surface area contributed by atoms with Crippen LogP contribution in [-0.2, 0) is 19.6 Å². The molecule has 136 valence electrons. The number of piperidine rings is 1. The summed E-state index contributed by atoms with van der Waals surface area (Å²) in [5.74, 6) is 3.65. The van der Waals surface area contributed by atoms with E-state index in [1.165, 1.54) is 5.82 Å². The van der Waals surface area contributed by atoms with Crippen LogP contribution in [0.25, 0.3) is 10.8 Å². The molecule has 0 amide bonds. The smallest absolute Gasteiger partial charge is 0.162 e. The first-order valence-electron chi connectivity index (χ1n) is 9.20. The lowest BCUT2D eigenvalue weighted by Gasteiger charge is -2.31. The summed E-state index contributed by atoms with van der Waals surface area (Å²) in [6.45, 7) is 5.92. The fourth-order valence-corrected chi connectivity index (χ4v) is 4.67. The average molecular weight is 370 g/mol. The maximum atomic E-state index is 5.44. The van der Waals surface area contributed by atoms with Crippen LogP contribution in [0.3, 0.4) is 0 Å². The van der Waals surface area contributed by atoms with E-state index in [-0.39, 0.29) is 0 Å². The van der Waals surface area contributed by atoms with Crippen LogP contribution in [0.1, 0.15) is 36.1 Å². The molecule has 0 aromatic carbocycles. The lowest BCUT2D eigenvalue weighted by molar-refractivity contribution is 0.198. The van der Waals surface area contributed by atoms with Gasteiger partial charge in [-0.15, -0.1) is 21.5 Å². The van der Waals surface area contributed by atoms with E-state index in [1.807, 2.05) is 12.1 Å². The van der Waals surface area contributed by atoms with Crippen molar-refractivity contribution in [2.45, 2.75) is 38.4 Å². The van der Waals surface area contributed by atoms with E-state index in [0.29, 0.717) is 5.92 Å². The molecule has 1 fully saturated rings. The van der Waals surface area contributed by atoms with Crippen molar-refractivity contribution in [2.24, 2.45) is 0 Å². The zero-order valence-electron chi connectivity index (χ0n) is 14.6. The zero-order chi connectivity index (χ0) is 17.3. The van der Waals surface area contributed by atoms with E-state index < -0.39 is 0 Å². The second-order valence-electron chi connectivity index (χ2n) is 6.97. The third kappa shape index (κ3) is 3.08. The first kappa shape index (κ1) is 16.2. The Morgan fingerprint density at radius 2 is 2.15 bits per heavy atom. The number of aromatic nitrogens is 4. The molecule has 2 aliphatic heterocycles. The van der Waals surface area contributed by atoms with Crippen molar-refractivity contribution in [1.82, 2.24) is 30.0 Å². The van der Waals surface area contributed by atoms with E-state index in [2.05, 4.69) is 30.4 Å². The van der Waals surface area contributed by atoms with Gasteiger partial charge in [0.15, 0.2) is 10.8 Å². The predicted octanol–water partition coefficient (Wildman–Crippen LogP) is 2.48. The van der Waals surface area contributed by atoms with Crippen LogP contribution in [0.5, 0.6) is 0 Å². The maximum absolute atomic E-state index is 5.44. The fraction of sp³-hybridized carbons (Fsp3) is 0.500. The summed E-state index contributed by atoms with van der Waals surface area (Å²) in [4.78, 5) is 7.22. The normalized spacial score (nSPS) is 18.9. The SMILES string of the molecule is c1coc(-c2nc(CN3CCC(c4nnc5n4CCNC5)CC3)cs2)c1. The lowest BCUT2D eigenvalue weighted by atomic mass is 9.95. The molecule has 0 spiro atoms. The Morgan fingerprint density at radius 3 is 3.00 bits per heavy atom. The number of furan rings is 1. The van der Waals surface area contributed by atoms with Gasteiger partial charge < -0.3 is 14.3 Å². The molecule has 2 aliphatic rings. The van der Waals surface area contributed by atoms with Crippen molar-refractivity contribution in [2.75, 3.05) is 19.6 Å². The number of hydrogen-bond acceptors (Lipinski definition) is 7. The fourth-order valence-electron chi connectivity index (χ4n) is 3.89. The maximum Gasteiger partial charge on any atom is 0.162 e. The molecule has 5 heterocycles. The number of nitrogens with one attached hydrogen (secondary N) is 1. The molecule has 1 N–H and O–H groups in total. The predicted molar refractivity (Wildman–Crippen MR) is 98.8 cm³/mol. The summed E-state index contributed by atoms with van der Waals surface area (Å²) in [6.07, 6.45) is 3.97. The van der Waals surface area contributed by atoms with Gasteiger partial charge >= 0.3 is 0 Å². The minimum atomic E-state index is 0.528. The Balaban J connectivity index is 1.20. The molecular formula is C18H22N6OS. The van der Waals surface area contributed by atoms with Crippen molar-refractivity contribution in [1.29, 1.82) is 0 Å². The molecule has 0 aliphatic carbocycles. The van der Waals surface area contributed by atoms with E-state index in [9.17, 15) is 0 Å². The third-order valence-corrected chi connectivity index (χ3v) is 6.18. The van der Waals surface area contributed by atoms with Gasteiger partial charge in [-0.1, -0.05) is 0 Å². The quantitative estimate of drug-likeness (QED) is 0.761. The molecule has 8 heteroatoms. The van der Waals surface area contributed by atoms with Crippen LogP contribution in [0, 0.1) is 0 Å². The topological polar surface area (TPSA) is 72.0 Å². The second-order valence-corrected chi connectivity index (χ2v) is 7.83. The summed E-state index contributed by atoms with van der Waals surface area (Å²) in [5.41, 5.74) is 1.13. The number of rotatable bonds is 4. The largest absolute Gasteiger partial charge is 0.462 e. The molecule has 1 saturated heterocycles. The summed E-state index contributed by atoms with van der Waals surface area (Å²) in [7, 11) is 0. The number of likely N-dealkylation sites (tertiary alicyclic amines) is 1. The molecular weight excluding hydrogens is 348 g/mol. The Labute approximate surface area is 156 Å². The van der Waals surface area contributed by atoms with Crippen LogP contribution in [-0.4, -0.2) is 44.3 Å². The molecule has 0 bridgehead atoms. The lowest BCUT2D eigenvalue weighted by Crippen LogP contribution is -2.34. The Morgan fingerprint density at radius 1 is 1.23 bits per heavy atom. The van der Waals surface area contributed by atoms with Gasteiger partial charge in [0, 0.05) is 30.9 Å². The summed E-state index contributed by atoms with van der Waals surface area (Å²) in [5, 5.41) is 15.3. The minimum absolute atomic E-state index is 0.528. The minimum Gasteiger partial charge on any atom is -0.462 e. The van der Waals surface area contributed by atoms with E-state index >= 15 is 0 Å². The summed E-state index contributed by atoms with van der Waals surface area (Å²) < 4.78 is 7.76. The first-order chi connectivity index (χ1) is 12.9. The molecule has 0 atom stereocenters. The molecule has 0 saturated carbocycles. The zero-order valence-corrected chi connectivity index (χ0v) is 15.4. The van der Waals surface area contributed by atoms with Crippen molar-refractivity contribution >= 4 is 11.3 Å². The van der Waals surface area contributed by atoms with Crippen molar-refractivity contribution < 1.29 is 4.42 Å². The van der Waals surface area contributed by atoms with Crippen molar-refractivity contribution in [3.05, 3.63) is 41.1 Å². The van der Waals surface area contributed by atoms with Crippen LogP contribution in [0.4, 0.5) is 0 Å². The number of hydrogen-bond donors (Lipinski definition) is 1. The highest BCUT2D eigenvalue weighted by atomic mass is 32.1. The molecule has 26 heavy (non-hydrogen) atoms. The third-order valence-electron chi connectivity index (χ3n) is 5.27. The van der Waals surface area contributed by atoms with Gasteiger partial charge in [0.05, 0.1) is 18.5 Å². The van der Waals surface area contributed by atoms with Crippen LogP contribution >= 0.6 is 11.3 Å². The monoisotopic (exact) mass is 370 g/mol. The van der Waals surface area contributed by atoms with Crippen molar-refractivity contribution in [3.63, 3.8) is 0 Å². The van der Waals surface area contributed by atoms with E-state index in [1.54, 1.807) is 17.6 Å². The molecule has 7 nitrogen and oxygen atoms in total. The van der Waals surface area contributed by atoms with Gasteiger partial charge in [0.25, 0.3) is 0 Å². The van der Waals surface area contributed by atoms with Gasteiger partial charge in [-0.3, -0.25) is 4.90 Å². The van der Waals surface area contributed by atoms with Gasteiger partial charge in [-0.05, 0) is 38.1 Å². The highest BCUT2D eigenvalue weighted by Gasteiger charge is 2.27. The summed E-state index contributed by atoms with van der Waals surface area (Å²) in [6, 6.07) is 3.86. The van der Waals surface area contributed by atoms with E-state index in [4.69, 9.17) is 9.40 Å². The first-order valence-corrected chi connectivity index (χ1v) is 10.1. The van der Waals surface area contributed by atoms with Gasteiger partial charge in [0.2, 0.25) is 0 Å². The highest BCUT2D eigenvalue weighted by Crippen LogP contribution is 2.29. The molecule has 5 rings (SSSR count). The Kier molecular flexibility index (Phi) is 4.32. The van der Waals surface area contributed by atoms with E-state index in [0.717, 1.165) is 74.4 Å². The Hall–Kier alpha value is -2.03. The van der Waals surface area contributed by atoms with Gasteiger partial charge in [-0.2, -0.15) is 0 Å². The highest BCUT2D eigenvalue weighted by molar-refractivity contribution is 7.13. The second kappa shape index (κ2) is 6.94. The van der Waals surface area contributed by atoms with Crippen LogP contribution in [0.15, 0.2) is 28.2 Å².